The van der Waals surface area contributed by atoms with E-state index >= 15 is 0 Å². The summed E-state index contributed by atoms with van der Waals surface area (Å²) in [5.74, 6) is 0.364. The summed E-state index contributed by atoms with van der Waals surface area (Å²) >= 11 is 0. The predicted octanol–water partition coefficient (Wildman–Crippen LogP) is 2.40. The van der Waals surface area contributed by atoms with Crippen molar-refractivity contribution in [1.29, 1.82) is 0 Å². The van der Waals surface area contributed by atoms with Crippen molar-refractivity contribution in [2.75, 3.05) is 20.3 Å². The van der Waals surface area contributed by atoms with Crippen molar-refractivity contribution < 1.29 is 22.7 Å². The highest BCUT2D eigenvalue weighted by molar-refractivity contribution is 7.89. The van der Waals surface area contributed by atoms with Gasteiger partial charge in [0, 0.05) is 25.2 Å². The molecule has 0 aromatic heterocycles. The zero-order valence-corrected chi connectivity index (χ0v) is 16.5. The Hall–Kier alpha value is -2.58. The molecule has 27 heavy (non-hydrogen) atoms. The largest absolute Gasteiger partial charge is 0.490 e. The van der Waals surface area contributed by atoms with Gasteiger partial charge in [-0.25, -0.2) is 8.42 Å². The van der Waals surface area contributed by atoms with E-state index in [0.29, 0.717) is 30.3 Å². The molecule has 0 fully saturated rings. The van der Waals surface area contributed by atoms with Crippen molar-refractivity contribution in [3.05, 3.63) is 53.6 Å². The summed E-state index contributed by atoms with van der Waals surface area (Å²) in [6.07, 6.45) is 0. The lowest BCUT2D eigenvalue weighted by molar-refractivity contribution is 0.1000. The van der Waals surface area contributed by atoms with Crippen LogP contribution in [0.5, 0.6) is 11.5 Å². The Bertz CT molecular complexity index is 895. The van der Waals surface area contributed by atoms with Gasteiger partial charge in [-0.05, 0) is 43.7 Å². The van der Waals surface area contributed by atoms with E-state index in [1.165, 1.54) is 23.5 Å². The molecule has 2 N–H and O–H groups in total. The van der Waals surface area contributed by atoms with Gasteiger partial charge in [-0.1, -0.05) is 12.1 Å². The second-order valence-electron chi connectivity index (χ2n) is 5.80. The summed E-state index contributed by atoms with van der Waals surface area (Å²) in [7, 11) is -2.24. The summed E-state index contributed by atoms with van der Waals surface area (Å²) in [4.78, 5) is 11.2. The first-order valence-electron chi connectivity index (χ1n) is 8.54. The topological polar surface area (TPSA) is 98.9 Å². The second-order valence-corrected chi connectivity index (χ2v) is 7.84. The van der Waals surface area contributed by atoms with E-state index < -0.39 is 15.9 Å². The molecular formula is C19H24N2O5S. The zero-order valence-electron chi connectivity index (χ0n) is 15.6. The molecule has 0 bridgehead atoms. The van der Waals surface area contributed by atoms with Crippen molar-refractivity contribution in [2.24, 2.45) is 5.73 Å². The fraction of sp³-hybridized carbons (Fsp3) is 0.316. The smallest absolute Gasteiger partial charge is 0.248 e. The van der Waals surface area contributed by atoms with E-state index in [-0.39, 0.29) is 11.4 Å². The third kappa shape index (κ3) is 4.99. The van der Waals surface area contributed by atoms with Crippen molar-refractivity contribution in [3.63, 3.8) is 0 Å². The number of hydrogen-bond donors (Lipinski definition) is 1. The predicted molar refractivity (Wildman–Crippen MR) is 102 cm³/mol. The van der Waals surface area contributed by atoms with Crippen LogP contribution in [0.15, 0.2) is 47.4 Å². The van der Waals surface area contributed by atoms with Crippen LogP contribution in [0.25, 0.3) is 0 Å². The molecule has 0 radical (unpaired) electrons. The Morgan fingerprint density at radius 1 is 1.00 bits per heavy atom. The summed E-state index contributed by atoms with van der Waals surface area (Å²) < 4.78 is 38.0. The number of primary amides is 1. The monoisotopic (exact) mass is 392 g/mol. The number of carbonyl (C=O) groups is 1. The maximum atomic E-state index is 12.9. The summed E-state index contributed by atoms with van der Waals surface area (Å²) in [6, 6.07) is 11.1. The molecule has 0 aliphatic rings. The number of amides is 1. The van der Waals surface area contributed by atoms with E-state index in [1.807, 2.05) is 13.8 Å². The molecule has 0 saturated carbocycles. The Morgan fingerprint density at radius 3 is 2.15 bits per heavy atom. The van der Waals surface area contributed by atoms with E-state index in [0.717, 1.165) is 5.56 Å². The van der Waals surface area contributed by atoms with Gasteiger partial charge in [-0.2, -0.15) is 4.31 Å². The van der Waals surface area contributed by atoms with Crippen LogP contribution in [0.4, 0.5) is 0 Å². The molecule has 2 rings (SSSR count). The summed E-state index contributed by atoms with van der Waals surface area (Å²) in [5, 5.41) is 0. The lowest BCUT2D eigenvalue weighted by Gasteiger charge is -2.19. The van der Waals surface area contributed by atoms with Gasteiger partial charge >= 0.3 is 0 Å². The van der Waals surface area contributed by atoms with Gasteiger partial charge in [0.25, 0.3) is 0 Å². The van der Waals surface area contributed by atoms with E-state index in [4.69, 9.17) is 15.2 Å². The van der Waals surface area contributed by atoms with Gasteiger partial charge < -0.3 is 15.2 Å². The quantitative estimate of drug-likeness (QED) is 0.706. The Balaban J connectivity index is 2.25. The molecular weight excluding hydrogens is 368 g/mol. The first kappa shape index (κ1) is 20.7. The molecule has 1 amide bonds. The van der Waals surface area contributed by atoms with Gasteiger partial charge in [0.05, 0.1) is 18.1 Å². The molecule has 2 aromatic carbocycles. The minimum Gasteiger partial charge on any atom is -0.490 e. The lowest BCUT2D eigenvalue weighted by atomic mass is 10.1. The molecule has 0 heterocycles. The molecule has 2 aromatic rings. The van der Waals surface area contributed by atoms with Crippen molar-refractivity contribution in [2.45, 2.75) is 25.3 Å². The summed E-state index contributed by atoms with van der Waals surface area (Å²) in [6.45, 7) is 4.66. The van der Waals surface area contributed by atoms with Crippen LogP contribution < -0.4 is 15.2 Å². The minimum atomic E-state index is -3.73. The SMILES string of the molecule is CCOc1ccc(S(=O)(=O)N(C)Cc2ccc(C(N)=O)cc2)cc1OCC. The number of benzene rings is 2. The number of ether oxygens (including phenoxy) is 2. The fourth-order valence-electron chi connectivity index (χ4n) is 2.49. The standard InChI is InChI=1S/C19H24N2O5S/c1-4-25-17-11-10-16(12-18(17)26-5-2)27(23,24)21(3)13-14-6-8-15(9-7-14)19(20)22/h6-12H,4-5,13H2,1-3H3,(H2,20,22). The molecule has 0 saturated heterocycles. The number of nitrogens with zero attached hydrogens (tertiary/aromatic N) is 1. The Morgan fingerprint density at radius 2 is 1.59 bits per heavy atom. The van der Waals surface area contributed by atoms with Crippen molar-refractivity contribution in [3.8, 4) is 11.5 Å². The van der Waals surface area contributed by atoms with Crippen LogP contribution in [0.2, 0.25) is 0 Å². The molecule has 0 atom stereocenters. The number of carbonyl (C=O) groups excluding carboxylic acids is 1. The highest BCUT2D eigenvalue weighted by Crippen LogP contribution is 2.31. The van der Waals surface area contributed by atoms with Crippen molar-refractivity contribution in [1.82, 2.24) is 4.31 Å². The number of sulfonamides is 1. The van der Waals surface area contributed by atoms with Gasteiger partial charge in [-0.3, -0.25) is 4.79 Å². The normalized spacial score (nSPS) is 11.4. The van der Waals surface area contributed by atoms with Gasteiger partial charge in [0.1, 0.15) is 0 Å². The third-order valence-electron chi connectivity index (χ3n) is 3.87. The number of rotatable bonds is 9. The lowest BCUT2D eigenvalue weighted by Crippen LogP contribution is -2.26. The van der Waals surface area contributed by atoms with Gasteiger partial charge in [0.2, 0.25) is 15.9 Å². The van der Waals surface area contributed by atoms with Crippen LogP contribution in [0, 0.1) is 0 Å². The first-order chi connectivity index (χ1) is 12.8. The van der Waals surface area contributed by atoms with Crippen LogP contribution in [0.1, 0.15) is 29.8 Å². The zero-order chi connectivity index (χ0) is 20.0. The molecule has 0 aliphatic heterocycles. The second kappa shape index (κ2) is 8.88. The number of nitrogens with two attached hydrogens (primary N) is 1. The minimum absolute atomic E-state index is 0.116. The number of hydrogen-bond acceptors (Lipinski definition) is 5. The fourth-order valence-corrected chi connectivity index (χ4v) is 3.66. The van der Waals surface area contributed by atoms with Gasteiger partial charge in [-0.15, -0.1) is 0 Å². The van der Waals surface area contributed by atoms with Crippen LogP contribution in [-0.2, 0) is 16.6 Å². The molecule has 0 unspecified atom stereocenters. The molecule has 7 nitrogen and oxygen atoms in total. The van der Waals surface area contributed by atoms with Gasteiger partial charge in [0.15, 0.2) is 11.5 Å². The molecule has 0 aliphatic carbocycles. The third-order valence-corrected chi connectivity index (χ3v) is 5.67. The highest BCUT2D eigenvalue weighted by atomic mass is 32.2. The maximum Gasteiger partial charge on any atom is 0.248 e. The van der Waals surface area contributed by atoms with Crippen LogP contribution >= 0.6 is 0 Å². The average Bonchev–Trinajstić information content (AvgIpc) is 2.63. The van der Waals surface area contributed by atoms with Crippen LogP contribution in [0.3, 0.4) is 0 Å². The molecule has 0 spiro atoms. The Kier molecular flexibility index (Phi) is 6.81. The summed E-state index contributed by atoms with van der Waals surface area (Å²) in [5.41, 5.74) is 6.33. The molecule has 146 valence electrons. The van der Waals surface area contributed by atoms with E-state index in [2.05, 4.69) is 0 Å². The first-order valence-corrected chi connectivity index (χ1v) is 9.98. The van der Waals surface area contributed by atoms with Crippen LogP contribution in [-0.4, -0.2) is 38.9 Å². The Labute approximate surface area is 159 Å². The van der Waals surface area contributed by atoms with E-state index in [9.17, 15) is 13.2 Å². The van der Waals surface area contributed by atoms with Crippen molar-refractivity contribution >= 4 is 15.9 Å². The highest BCUT2D eigenvalue weighted by Gasteiger charge is 2.23. The van der Waals surface area contributed by atoms with E-state index in [1.54, 1.807) is 30.3 Å². The average molecular weight is 392 g/mol. The maximum absolute atomic E-state index is 12.9. The molecule has 8 heteroatoms.